The molecule has 3 rings (SSSR count). The van der Waals surface area contributed by atoms with Gasteiger partial charge in [0.05, 0.1) is 19.2 Å². The van der Waals surface area contributed by atoms with Gasteiger partial charge in [0.25, 0.3) is 5.91 Å². The number of ether oxygens (including phenoxy) is 2. The van der Waals surface area contributed by atoms with E-state index in [1.807, 2.05) is 30.3 Å². The van der Waals surface area contributed by atoms with E-state index >= 15 is 0 Å². The molecular formula is C25H32ClN3O4. The number of unbranched alkanes of at least 4 members (excludes halogenated alkanes) is 1. The lowest BCUT2D eigenvalue weighted by Crippen LogP contribution is -2.26. The molecule has 8 heteroatoms. The molecule has 0 saturated heterocycles. The molecule has 7 nitrogen and oxygen atoms in total. The van der Waals surface area contributed by atoms with Crippen LogP contribution in [0.2, 0.25) is 0 Å². The van der Waals surface area contributed by atoms with Gasteiger partial charge in [-0.15, -0.1) is 12.4 Å². The number of nitrogens with zero attached hydrogens (tertiary/aromatic N) is 1. The molecule has 33 heavy (non-hydrogen) atoms. The molecule has 2 aromatic carbocycles. The molecule has 1 atom stereocenters. The number of nitrogens with one attached hydrogen (secondary N) is 2. The van der Waals surface area contributed by atoms with Gasteiger partial charge in [-0.05, 0) is 67.6 Å². The molecule has 1 aliphatic rings. The lowest BCUT2D eigenvalue weighted by molar-refractivity contribution is -0.145. The van der Waals surface area contributed by atoms with Crippen LogP contribution in [0.3, 0.4) is 0 Å². The third-order valence-electron chi connectivity index (χ3n) is 5.17. The summed E-state index contributed by atoms with van der Waals surface area (Å²) in [4.78, 5) is 24.3. The number of anilines is 1. The Morgan fingerprint density at radius 2 is 1.97 bits per heavy atom. The minimum atomic E-state index is -0.241. The van der Waals surface area contributed by atoms with Gasteiger partial charge >= 0.3 is 5.97 Å². The summed E-state index contributed by atoms with van der Waals surface area (Å²) in [6.45, 7) is 5.15. The molecule has 1 amide bonds. The Kier molecular flexibility index (Phi) is 10.7. The molecule has 0 spiro atoms. The highest BCUT2D eigenvalue weighted by atomic mass is 35.5. The third kappa shape index (κ3) is 8.09. The number of fused-ring (bicyclic) bond motifs is 1. The predicted molar refractivity (Wildman–Crippen MR) is 133 cm³/mol. The van der Waals surface area contributed by atoms with Crippen LogP contribution in [0.15, 0.2) is 47.6 Å². The Morgan fingerprint density at radius 3 is 2.70 bits per heavy atom. The van der Waals surface area contributed by atoms with Crippen molar-refractivity contribution in [2.45, 2.75) is 52.1 Å². The van der Waals surface area contributed by atoms with Gasteiger partial charge in [0.1, 0.15) is 11.9 Å². The summed E-state index contributed by atoms with van der Waals surface area (Å²) in [7, 11) is 0. The Labute approximate surface area is 201 Å². The van der Waals surface area contributed by atoms with Crippen LogP contribution < -0.4 is 15.5 Å². The van der Waals surface area contributed by atoms with Crippen molar-refractivity contribution < 1.29 is 19.1 Å². The first-order chi connectivity index (χ1) is 15.6. The van der Waals surface area contributed by atoms with E-state index in [-0.39, 0.29) is 36.8 Å². The Bertz CT molecular complexity index is 947. The molecule has 1 heterocycles. The van der Waals surface area contributed by atoms with E-state index in [0.29, 0.717) is 17.9 Å². The van der Waals surface area contributed by atoms with Crippen molar-refractivity contribution in [3.05, 3.63) is 59.2 Å². The fourth-order valence-electron chi connectivity index (χ4n) is 3.44. The molecule has 178 valence electrons. The normalized spacial score (nSPS) is 14.5. The minimum absolute atomic E-state index is 0. The number of carbonyl (C=O) groups is 2. The number of aryl methyl sites for hydroxylation is 1. The summed E-state index contributed by atoms with van der Waals surface area (Å²) in [5, 5.41) is 7.12. The van der Waals surface area contributed by atoms with Crippen molar-refractivity contribution in [3.63, 3.8) is 0 Å². The van der Waals surface area contributed by atoms with Crippen LogP contribution in [0, 0.1) is 0 Å². The zero-order chi connectivity index (χ0) is 22.8. The Morgan fingerprint density at radius 1 is 1.18 bits per heavy atom. The SMILES string of the molecule is CCCCNN=Cc1ccc(C(=O)Nc2ccc3c(c2)CCC(CC(=O)OCC)O3)cc1.Cl. The van der Waals surface area contributed by atoms with Crippen LogP contribution in [-0.4, -0.2) is 37.3 Å². The predicted octanol–water partition coefficient (Wildman–Crippen LogP) is 4.73. The van der Waals surface area contributed by atoms with Crippen LogP contribution >= 0.6 is 12.4 Å². The van der Waals surface area contributed by atoms with Gasteiger partial charge in [-0.1, -0.05) is 25.5 Å². The molecule has 1 aliphatic heterocycles. The van der Waals surface area contributed by atoms with E-state index in [0.717, 1.165) is 49.1 Å². The van der Waals surface area contributed by atoms with Crippen LogP contribution in [0.1, 0.15) is 61.0 Å². The van der Waals surface area contributed by atoms with E-state index in [4.69, 9.17) is 9.47 Å². The molecule has 0 radical (unpaired) electrons. The number of benzene rings is 2. The Hall–Kier alpha value is -3.06. The fourth-order valence-corrected chi connectivity index (χ4v) is 3.44. The van der Waals surface area contributed by atoms with Gasteiger partial charge in [-0.3, -0.25) is 9.59 Å². The van der Waals surface area contributed by atoms with Gasteiger partial charge in [0.15, 0.2) is 0 Å². The minimum Gasteiger partial charge on any atom is -0.490 e. The average molecular weight is 474 g/mol. The number of hydrogen-bond donors (Lipinski definition) is 2. The molecular weight excluding hydrogens is 442 g/mol. The van der Waals surface area contributed by atoms with E-state index < -0.39 is 0 Å². The quantitative estimate of drug-likeness (QED) is 0.225. The number of rotatable bonds is 10. The van der Waals surface area contributed by atoms with Crippen molar-refractivity contribution in [2.75, 3.05) is 18.5 Å². The number of hydrogen-bond acceptors (Lipinski definition) is 6. The summed E-state index contributed by atoms with van der Waals surface area (Å²) in [6, 6.07) is 12.9. The summed E-state index contributed by atoms with van der Waals surface area (Å²) in [5.74, 6) is 0.334. The monoisotopic (exact) mass is 473 g/mol. The number of esters is 1. The van der Waals surface area contributed by atoms with Crippen molar-refractivity contribution in [1.82, 2.24) is 5.43 Å². The fraction of sp³-hybridized carbons (Fsp3) is 0.400. The maximum atomic E-state index is 12.6. The highest BCUT2D eigenvalue weighted by Crippen LogP contribution is 2.31. The summed E-state index contributed by atoms with van der Waals surface area (Å²) < 4.78 is 10.9. The van der Waals surface area contributed by atoms with E-state index in [9.17, 15) is 9.59 Å². The lowest BCUT2D eigenvalue weighted by atomic mass is 10.00. The first-order valence-corrected chi connectivity index (χ1v) is 11.2. The summed E-state index contributed by atoms with van der Waals surface area (Å²) in [5.41, 5.74) is 6.24. The maximum absolute atomic E-state index is 12.6. The van der Waals surface area contributed by atoms with E-state index in [2.05, 4.69) is 22.8 Å². The van der Waals surface area contributed by atoms with Crippen LogP contribution in [0.25, 0.3) is 0 Å². The number of hydrazone groups is 1. The largest absolute Gasteiger partial charge is 0.490 e. The highest BCUT2D eigenvalue weighted by Gasteiger charge is 2.23. The molecule has 2 N–H and O–H groups in total. The number of halogens is 1. The van der Waals surface area contributed by atoms with Crippen molar-refractivity contribution in [1.29, 1.82) is 0 Å². The zero-order valence-corrected chi connectivity index (χ0v) is 20.0. The molecule has 0 aliphatic carbocycles. The van der Waals surface area contributed by atoms with E-state index in [1.54, 1.807) is 25.3 Å². The number of amides is 1. The van der Waals surface area contributed by atoms with Gasteiger partial charge in [0.2, 0.25) is 0 Å². The number of carbonyl (C=O) groups excluding carboxylic acids is 2. The van der Waals surface area contributed by atoms with Crippen molar-refractivity contribution in [3.8, 4) is 5.75 Å². The third-order valence-corrected chi connectivity index (χ3v) is 5.17. The van der Waals surface area contributed by atoms with Gasteiger partial charge < -0.3 is 20.2 Å². The summed E-state index contributed by atoms with van der Waals surface area (Å²) >= 11 is 0. The molecule has 2 aromatic rings. The second-order valence-corrected chi connectivity index (χ2v) is 7.71. The van der Waals surface area contributed by atoms with Crippen LogP contribution in [0.4, 0.5) is 5.69 Å². The molecule has 0 saturated carbocycles. The molecule has 0 bridgehead atoms. The maximum Gasteiger partial charge on any atom is 0.309 e. The molecule has 0 aromatic heterocycles. The molecule has 0 fully saturated rings. The topological polar surface area (TPSA) is 89.0 Å². The van der Waals surface area contributed by atoms with Gasteiger partial charge in [-0.2, -0.15) is 5.10 Å². The second kappa shape index (κ2) is 13.5. The summed E-state index contributed by atoms with van der Waals surface area (Å²) in [6.07, 6.45) is 5.55. The smallest absolute Gasteiger partial charge is 0.309 e. The van der Waals surface area contributed by atoms with Gasteiger partial charge in [-0.25, -0.2) is 0 Å². The first-order valence-electron chi connectivity index (χ1n) is 11.2. The van der Waals surface area contributed by atoms with Crippen molar-refractivity contribution in [2.24, 2.45) is 5.10 Å². The van der Waals surface area contributed by atoms with Gasteiger partial charge in [0, 0.05) is 17.8 Å². The van der Waals surface area contributed by atoms with Crippen molar-refractivity contribution >= 4 is 36.2 Å². The first kappa shape index (κ1) is 26.2. The van der Waals surface area contributed by atoms with Crippen LogP contribution in [-0.2, 0) is 16.0 Å². The second-order valence-electron chi connectivity index (χ2n) is 7.71. The van der Waals surface area contributed by atoms with Crippen LogP contribution in [0.5, 0.6) is 5.75 Å². The van der Waals surface area contributed by atoms with E-state index in [1.165, 1.54) is 0 Å². The Balaban J connectivity index is 0.00000385. The lowest BCUT2D eigenvalue weighted by Gasteiger charge is -2.26. The highest BCUT2D eigenvalue weighted by molar-refractivity contribution is 6.04. The molecule has 1 unspecified atom stereocenters. The zero-order valence-electron chi connectivity index (χ0n) is 19.1. The standard InChI is InChI=1S/C25H31N3O4.ClH/c1-3-5-14-26-27-17-18-6-8-19(9-7-18)25(30)28-21-11-13-23-20(15-21)10-12-22(32-23)16-24(29)31-4-2;/h6-9,11,13,15,17,22,26H,3-5,10,12,14,16H2,1-2H3,(H,28,30);1H. The average Bonchev–Trinajstić information content (AvgIpc) is 2.79.